The Morgan fingerprint density at radius 2 is 1.62 bits per heavy atom. The first kappa shape index (κ1) is 15.6. The van der Waals surface area contributed by atoms with Crippen LogP contribution < -0.4 is 4.74 Å². The molecule has 0 aromatic heterocycles. The fourth-order valence-corrected chi connectivity index (χ4v) is 2.30. The van der Waals surface area contributed by atoms with E-state index in [9.17, 15) is 5.11 Å². The summed E-state index contributed by atoms with van der Waals surface area (Å²) in [5.74, 6) is 1.67. The summed E-state index contributed by atoms with van der Waals surface area (Å²) in [5, 5.41) is 9.82. The molecule has 21 heavy (non-hydrogen) atoms. The van der Waals surface area contributed by atoms with Gasteiger partial charge in [-0.15, -0.1) is 0 Å². The highest BCUT2D eigenvalue weighted by atomic mass is 16.5. The van der Waals surface area contributed by atoms with Crippen LogP contribution in [0, 0.1) is 0 Å². The zero-order valence-corrected chi connectivity index (χ0v) is 13.3. The van der Waals surface area contributed by atoms with Crippen molar-refractivity contribution >= 4 is 0 Å². The number of benzene rings is 2. The molecular weight excluding hydrogens is 260 g/mol. The van der Waals surface area contributed by atoms with Gasteiger partial charge in [-0.05, 0) is 35.6 Å². The highest BCUT2D eigenvalue weighted by molar-refractivity contribution is 5.42. The molecule has 1 atom stereocenters. The topological polar surface area (TPSA) is 29.5 Å². The lowest BCUT2D eigenvalue weighted by molar-refractivity contribution is 0.173. The van der Waals surface area contributed by atoms with Gasteiger partial charge in [-0.3, -0.25) is 0 Å². The maximum absolute atomic E-state index is 9.82. The molecule has 2 nitrogen and oxygen atoms in total. The lowest BCUT2D eigenvalue weighted by Gasteiger charge is -2.22. The maximum atomic E-state index is 9.82. The molecule has 0 spiro atoms. The molecule has 0 amide bonds. The first-order valence-electron chi connectivity index (χ1n) is 7.47. The van der Waals surface area contributed by atoms with Gasteiger partial charge in [0.05, 0.1) is 6.10 Å². The minimum Gasteiger partial charge on any atom is -0.457 e. The molecule has 0 aliphatic rings. The fourth-order valence-electron chi connectivity index (χ4n) is 2.30. The van der Waals surface area contributed by atoms with Crippen LogP contribution in [0.25, 0.3) is 0 Å². The summed E-state index contributed by atoms with van der Waals surface area (Å²) < 4.78 is 6.02. The summed E-state index contributed by atoms with van der Waals surface area (Å²) in [4.78, 5) is 0. The predicted octanol–water partition coefficient (Wildman–Crippen LogP) is 5.22. The van der Waals surface area contributed by atoms with Crippen molar-refractivity contribution in [3.05, 3.63) is 59.7 Å². The highest BCUT2D eigenvalue weighted by Crippen LogP contribution is 2.34. The average Bonchev–Trinajstić information content (AvgIpc) is 2.47. The van der Waals surface area contributed by atoms with Crippen LogP contribution in [-0.4, -0.2) is 5.11 Å². The van der Waals surface area contributed by atoms with Gasteiger partial charge in [0.1, 0.15) is 11.5 Å². The smallest absolute Gasteiger partial charge is 0.131 e. The molecule has 2 aromatic rings. The van der Waals surface area contributed by atoms with Crippen molar-refractivity contribution in [1.29, 1.82) is 0 Å². The van der Waals surface area contributed by atoms with Crippen molar-refractivity contribution in [2.45, 2.75) is 45.6 Å². The van der Waals surface area contributed by atoms with E-state index in [2.05, 4.69) is 26.8 Å². The van der Waals surface area contributed by atoms with Crippen LogP contribution in [0.3, 0.4) is 0 Å². The van der Waals surface area contributed by atoms with Crippen molar-refractivity contribution < 1.29 is 9.84 Å². The van der Waals surface area contributed by atoms with Crippen LogP contribution in [0.2, 0.25) is 0 Å². The summed E-state index contributed by atoms with van der Waals surface area (Å²) >= 11 is 0. The number of para-hydroxylation sites is 1. The molecular formula is C19H24O2. The SMILES string of the molecule is CCC(O)c1ccc(Oc2ccccc2C(C)(C)C)cc1. The third kappa shape index (κ3) is 3.85. The van der Waals surface area contributed by atoms with Gasteiger partial charge in [-0.25, -0.2) is 0 Å². The van der Waals surface area contributed by atoms with Gasteiger partial charge in [-0.2, -0.15) is 0 Å². The number of rotatable bonds is 4. The Hall–Kier alpha value is -1.80. The molecule has 0 saturated heterocycles. The Kier molecular flexibility index (Phi) is 4.69. The second-order valence-corrected chi connectivity index (χ2v) is 6.34. The fraction of sp³-hybridized carbons (Fsp3) is 0.368. The quantitative estimate of drug-likeness (QED) is 0.834. The lowest BCUT2D eigenvalue weighted by Crippen LogP contribution is -2.12. The van der Waals surface area contributed by atoms with Gasteiger partial charge in [0, 0.05) is 5.56 Å². The minimum absolute atomic E-state index is 0.0366. The van der Waals surface area contributed by atoms with Crippen molar-refractivity contribution in [1.82, 2.24) is 0 Å². The zero-order valence-electron chi connectivity index (χ0n) is 13.3. The third-order valence-electron chi connectivity index (χ3n) is 3.57. The second-order valence-electron chi connectivity index (χ2n) is 6.34. The van der Waals surface area contributed by atoms with Crippen molar-refractivity contribution in [2.24, 2.45) is 0 Å². The number of hydrogen-bond acceptors (Lipinski definition) is 2. The van der Waals surface area contributed by atoms with Gasteiger partial charge in [-0.1, -0.05) is 58.0 Å². The van der Waals surface area contributed by atoms with Crippen molar-refractivity contribution in [2.75, 3.05) is 0 Å². The Bertz CT molecular complexity index is 579. The molecule has 0 aliphatic carbocycles. The Balaban J connectivity index is 2.23. The standard InChI is InChI=1S/C19H24O2/c1-5-17(20)14-10-12-15(13-11-14)21-18-9-7-6-8-16(18)19(2,3)4/h6-13,17,20H,5H2,1-4H3. The Morgan fingerprint density at radius 1 is 1.00 bits per heavy atom. The molecule has 0 saturated carbocycles. The predicted molar refractivity (Wildman–Crippen MR) is 86.9 cm³/mol. The van der Waals surface area contributed by atoms with E-state index in [-0.39, 0.29) is 5.41 Å². The van der Waals surface area contributed by atoms with Crippen LogP contribution in [0.4, 0.5) is 0 Å². The van der Waals surface area contributed by atoms with Gasteiger partial charge >= 0.3 is 0 Å². The second kappa shape index (κ2) is 6.31. The summed E-state index contributed by atoms with van der Waals surface area (Å²) in [6.07, 6.45) is 0.313. The summed E-state index contributed by atoms with van der Waals surface area (Å²) in [6.45, 7) is 8.50. The van der Waals surface area contributed by atoms with Crippen molar-refractivity contribution in [3.8, 4) is 11.5 Å². The first-order valence-corrected chi connectivity index (χ1v) is 7.47. The average molecular weight is 284 g/mol. The van der Waals surface area contributed by atoms with Crippen LogP contribution in [-0.2, 0) is 5.41 Å². The molecule has 0 heterocycles. The molecule has 2 aromatic carbocycles. The van der Waals surface area contributed by atoms with E-state index in [0.29, 0.717) is 6.42 Å². The van der Waals surface area contributed by atoms with Crippen LogP contribution >= 0.6 is 0 Å². The van der Waals surface area contributed by atoms with Gasteiger partial charge in [0.2, 0.25) is 0 Å². The number of hydrogen-bond donors (Lipinski definition) is 1. The number of ether oxygens (including phenoxy) is 1. The van der Waals surface area contributed by atoms with Gasteiger partial charge < -0.3 is 9.84 Å². The van der Waals surface area contributed by atoms with E-state index in [0.717, 1.165) is 17.1 Å². The lowest BCUT2D eigenvalue weighted by atomic mass is 9.86. The van der Waals surface area contributed by atoms with E-state index < -0.39 is 6.10 Å². The molecule has 2 rings (SSSR count). The van der Waals surface area contributed by atoms with Crippen LogP contribution in [0.15, 0.2) is 48.5 Å². The summed E-state index contributed by atoms with van der Waals surface area (Å²) in [6, 6.07) is 15.8. The number of aliphatic hydroxyl groups excluding tert-OH is 1. The molecule has 0 radical (unpaired) electrons. The molecule has 1 unspecified atom stereocenters. The Labute approximate surface area is 127 Å². The summed E-state index contributed by atoms with van der Waals surface area (Å²) in [7, 11) is 0. The first-order chi connectivity index (χ1) is 9.91. The molecule has 2 heteroatoms. The molecule has 0 aliphatic heterocycles. The van der Waals surface area contributed by atoms with E-state index in [1.165, 1.54) is 5.56 Å². The van der Waals surface area contributed by atoms with Crippen LogP contribution in [0.1, 0.15) is 51.3 Å². The normalized spacial score (nSPS) is 13.0. The Morgan fingerprint density at radius 3 is 2.19 bits per heavy atom. The van der Waals surface area contributed by atoms with E-state index in [1.54, 1.807) is 0 Å². The van der Waals surface area contributed by atoms with Crippen molar-refractivity contribution in [3.63, 3.8) is 0 Å². The molecule has 112 valence electrons. The molecule has 1 N–H and O–H groups in total. The van der Waals surface area contributed by atoms with Gasteiger partial charge in [0.15, 0.2) is 0 Å². The zero-order chi connectivity index (χ0) is 15.5. The minimum atomic E-state index is -0.402. The van der Waals surface area contributed by atoms with Crippen LogP contribution in [0.5, 0.6) is 11.5 Å². The largest absolute Gasteiger partial charge is 0.457 e. The molecule has 0 bridgehead atoms. The number of aliphatic hydroxyl groups is 1. The third-order valence-corrected chi connectivity index (χ3v) is 3.57. The van der Waals surface area contributed by atoms with E-state index in [4.69, 9.17) is 4.74 Å². The summed E-state index contributed by atoms with van der Waals surface area (Å²) in [5.41, 5.74) is 2.14. The highest BCUT2D eigenvalue weighted by Gasteiger charge is 2.18. The monoisotopic (exact) mass is 284 g/mol. The van der Waals surface area contributed by atoms with E-state index in [1.807, 2.05) is 49.4 Å². The maximum Gasteiger partial charge on any atom is 0.131 e. The van der Waals surface area contributed by atoms with E-state index >= 15 is 0 Å². The van der Waals surface area contributed by atoms with Gasteiger partial charge in [0.25, 0.3) is 0 Å². The molecule has 0 fully saturated rings.